The molecule has 0 aromatic carbocycles. The molecule has 2 rings (SSSR count). The molecule has 0 amide bonds. The van der Waals surface area contributed by atoms with Crippen LogP contribution in [0.4, 0.5) is 5.82 Å². The van der Waals surface area contributed by atoms with Gasteiger partial charge < -0.3 is 25.8 Å². The first kappa shape index (κ1) is 13.9. The van der Waals surface area contributed by atoms with Crippen molar-refractivity contribution in [1.29, 1.82) is 0 Å². The standard InChI is InChI=1S/C11H17N3O5/c1-5(16)6-3-14(11(18)13-10(6)12)9-2-7(17)8(4-15)19-9/h3,5,7-9,15-17H,2,4H2,1H3,(H2,12,13,18). The fraction of sp³-hybridized carbons (Fsp3) is 0.636. The number of ether oxygens (including phenoxy) is 1. The smallest absolute Gasteiger partial charge is 0.351 e. The number of nitrogen functional groups attached to an aromatic ring is 1. The van der Waals surface area contributed by atoms with E-state index in [2.05, 4.69) is 4.98 Å². The molecule has 8 nitrogen and oxygen atoms in total. The van der Waals surface area contributed by atoms with Crippen LogP contribution < -0.4 is 11.4 Å². The molecule has 1 aromatic rings. The average molecular weight is 271 g/mol. The quantitative estimate of drug-likeness (QED) is 0.527. The summed E-state index contributed by atoms with van der Waals surface area (Å²) in [6.07, 6.45) is -1.66. The summed E-state index contributed by atoms with van der Waals surface area (Å²) in [5.41, 5.74) is 5.24. The van der Waals surface area contributed by atoms with E-state index in [1.54, 1.807) is 0 Å². The number of anilines is 1. The van der Waals surface area contributed by atoms with Crippen molar-refractivity contribution in [3.63, 3.8) is 0 Å². The van der Waals surface area contributed by atoms with Crippen LogP contribution in [-0.4, -0.2) is 43.7 Å². The highest BCUT2D eigenvalue weighted by molar-refractivity contribution is 5.38. The Morgan fingerprint density at radius 1 is 1.68 bits per heavy atom. The maximum Gasteiger partial charge on any atom is 0.351 e. The van der Waals surface area contributed by atoms with Crippen LogP contribution in [0.5, 0.6) is 0 Å². The highest BCUT2D eigenvalue weighted by Crippen LogP contribution is 2.28. The summed E-state index contributed by atoms with van der Waals surface area (Å²) in [4.78, 5) is 15.4. The third-order valence-electron chi connectivity index (χ3n) is 3.16. The molecule has 4 atom stereocenters. The normalized spacial score (nSPS) is 28.5. The zero-order chi connectivity index (χ0) is 14.2. The minimum atomic E-state index is -0.876. The first-order chi connectivity index (χ1) is 8.93. The molecule has 1 aliphatic rings. The van der Waals surface area contributed by atoms with Crippen LogP contribution in [0.15, 0.2) is 11.0 Å². The van der Waals surface area contributed by atoms with Crippen molar-refractivity contribution in [2.75, 3.05) is 12.3 Å². The second-order valence-electron chi connectivity index (χ2n) is 4.56. The van der Waals surface area contributed by atoms with E-state index in [9.17, 15) is 15.0 Å². The Morgan fingerprint density at radius 3 is 2.89 bits per heavy atom. The van der Waals surface area contributed by atoms with Crippen molar-refractivity contribution in [1.82, 2.24) is 9.55 Å². The van der Waals surface area contributed by atoms with Crippen LogP contribution in [0.3, 0.4) is 0 Å². The van der Waals surface area contributed by atoms with E-state index in [-0.39, 0.29) is 18.8 Å². The summed E-state index contributed by atoms with van der Waals surface area (Å²) in [6, 6.07) is 0. The van der Waals surface area contributed by atoms with E-state index in [1.807, 2.05) is 0 Å². The van der Waals surface area contributed by atoms with Gasteiger partial charge in [-0.15, -0.1) is 0 Å². The van der Waals surface area contributed by atoms with Gasteiger partial charge in [-0.05, 0) is 6.92 Å². The molecule has 19 heavy (non-hydrogen) atoms. The van der Waals surface area contributed by atoms with E-state index in [4.69, 9.17) is 15.6 Å². The average Bonchev–Trinajstić information content (AvgIpc) is 2.69. The van der Waals surface area contributed by atoms with Crippen molar-refractivity contribution in [2.24, 2.45) is 0 Å². The lowest BCUT2D eigenvalue weighted by molar-refractivity contribution is -0.0460. The van der Waals surface area contributed by atoms with Gasteiger partial charge in [-0.25, -0.2) is 4.79 Å². The third kappa shape index (κ3) is 2.61. The second-order valence-corrected chi connectivity index (χ2v) is 4.56. The highest BCUT2D eigenvalue weighted by atomic mass is 16.5. The van der Waals surface area contributed by atoms with Gasteiger partial charge in [0.1, 0.15) is 18.1 Å². The predicted octanol–water partition coefficient (Wildman–Crippen LogP) is -1.48. The Hall–Kier alpha value is -1.48. The van der Waals surface area contributed by atoms with Gasteiger partial charge in [0.2, 0.25) is 0 Å². The SMILES string of the molecule is CC(O)c1cn(C2CC(O)C(CO)O2)c(=O)nc1N. The Labute approximate surface area is 109 Å². The van der Waals surface area contributed by atoms with Crippen molar-refractivity contribution < 1.29 is 20.1 Å². The van der Waals surface area contributed by atoms with Crippen molar-refractivity contribution in [3.05, 3.63) is 22.2 Å². The topological polar surface area (TPSA) is 131 Å². The number of aliphatic hydroxyl groups is 3. The van der Waals surface area contributed by atoms with Gasteiger partial charge in [0, 0.05) is 18.2 Å². The van der Waals surface area contributed by atoms with Crippen LogP contribution in [-0.2, 0) is 4.74 Å². The van der Waals surface area contributed by atoms with Gasteiger partial charge in [0.05, 0.1) is 18.8 Å². The molecule has 0 saturated carbocycles. The zero-order valence-corrected chi connectivity index (χ0v) is 10.4. The Balaban J connectivity index is 2.36. The monoisotopic (exact) mass is 271 g/mol. The van der Waals surface area contributed by atoms with Crippen molar-refractivity contribution in [2.45, 2.75) is 37.9 Å². The van der Waals surface area contributed by atoms with Crippen molar-refractivity contribution >= 4 is 5.82 Å². The molecule has 0 bridgehead atoms. The Bertz CT molecular complexity index is 516. The predicted molar refractivity (Wildman–Crippen MR) is 65.2 cm³/mol. The summed E-state index contributed by atoms with van der Waals surface area (Å²) < 4.78 is 6.53. The molecule has 1 fully saturated rings. The van der Waals surface area contributed by atoms with E-state index in [0.29, 0.717) is 5.56 Å². The molecule has 8 heteroatoms. The molecule has 106 valence electrons. The Morgan fingerprint density at radius 2 is 2.37 bits per heavy atom. The van der Waals surface area contributed by atoms with Crippen LogP contribution in [0.25, 0.3) is 0 Å². The summed E-state index contributed by atoms with van der Waals surface area (Å²) in [5.74, 6) is -0.0338. The van der Waals surface area contributed by atoms with Gasteiger partial charge in [0.15, 0.2) is 0 Å². The number of aliphatic hydroxyl groups excluding tert-OH is 3. The maximum atomic E-state index is 11.8. The summed E-state index contributed by atoms with van der Waals surface area (Å²) >= 11 is 0. The molecule has 5 N–H and O–H groups in total. The molecule has 0 radical (unpaired) electrons. The van der Waals surface area contributed by atoms with Crippen LogP contribution in [0, 0.1) is 0 Å². The molecular formula is C11H17N3O5. The molecule has 0 spiro atoms. The Kier molecular flexibility index (Phi) is 3.85. The lowest BCUT2D eigenvalue weighted by Gasteiger charge is -2.17. The first-order valence-corrected chi connectivity index (χ1v) is 5.95. The van der Waals surface area contributed by atoms with Gasteiger partial charge in [-0.2, -0.15) is 4.98 Å². The summed E-state index contributed by atoms with van der Waals surface area (Å²) in [6.45, 7) is 1.17. The van der Waals surface area contributed by atoms with Crippen molar-refractivity contribution in [3.8, 4) is 0 Å². The van der Waals surface area contributed by atoms with Crippen LogP contribution in [0.2, 0.25) is 0 Å². The molecular weight excluding hydrogens is 254 g/mol. The second kappa shape index (κ2) is 5.25. The number of hydrogen-bond donors (Lipinski definition) is 4. The minimum Gasteiger partial charge on any atom is -0.394 e. The number of nitrogens with zero attached hydrogens (tertiary/aromatic N) is 2. The lowest BCUT2D eigenvalue weighted by Crippen LogP contribution is -2.29. The fourth-order valence-corrected chi connectivity index (χ4v) is 2.07. The van der Waals surface area contributed by atoms with Crippen LogP contribution >= 0.6 is 0 Å². The molecule has 1 aromatic heterocycles. The van der Waals surface area contributed by atoms with E-state index in [1.165, 1.54) is 13.1 Å². The molecule has 1 aliphatic heterocycles. The number of hydrogen-bond acceptors (Lipinski definition) is 7. The highest BCUT2D eigenvalue weighted by Gasteiger charge is 2.35. The lowest BCUT2D eigenvalue weighted by atomic mass is 10.2. The van der Waals surface area contributed by atoms with Crippen LogP contribution in [0.1, 0.15) is 31.2 Å². The van der Waals surface area contributed by atoms with Gasteiger partial charge in [-0.1, -0.05) is 0 Å². The maximum absolute atomic E-state index is 11.8. The third-order valence-corrected chi connectivity index (χ3v) is 3.16. The molecule has 4 unspecified atom stereocenters. The van der Waals surface area contributed by atoms with E-state index < -0.39 is 30.2 Å². The first-order valence-electron chi connectivity index (χ1n) is 5.95. The fourth-order valence-electron chi connectivity index (χ4n) is 2.07. The van der Waals surface area contributed by atoms with Gasteiger partial charge in [0.25, 0.3) is 0 Å². The largest absolute Gasteiger partial charge is 0.394 e. The molecule has 1 saturated heterocycles. The van der Waals surface area contributed by atoms with E-state index >= 15 is 0 Å². The van der Waals surface area contributed by atoms with Gasteiger partial charge >= 0.3 is 5.69 Å². The minimum absolute atomic E-state index is 0.0338. The number of nitrogens with two attached hydrogens (primary N) is 1. The number of aromatic nitrogens is 2. The number of rotatable bonds is 3. The summed E-state index contributed by atoms with van der Waals surface area (Å²) in [7, 11) is 0. The zero-order valence-electron chi connectivity index (χ0n) is 10.4. The summed E-state index contributed by atoms with van der Waals surface area (Å²) in [5, 5.41) is 28.2. The molecule has 0 aliphatic carbocycles. The van der Waals surface area contributed by atoms with Gasteiger partial charge in [-0.3, -0.25) is 4.57 Å². The van der Waals surface area contributed by atoms with E-state index in [0.717, 1.165) is 4.57 Å². The molecule has 2 heterocycles.